The number of phosphoric ester groups is 2. The van der Waals surface area contributed by atoms with Crippen molar-refractivity contribution in [3.05, 3.63) is 71.4 Å². The standard InChI is InChI=1S/C48H81N3O16P2/c1-3-5-7-9-11-13-15-17-19-21-23-25-27-30-39(52)31-29-33-44(54)65-40(36-62-43(53)32-28-26-24-22-20-18-16-14-12-10-8-6-4-2)37-63-68(58,59)67-69(60,61)64-38-41-45(55)46(56)47(66-41)51-35-34-42(49)50-48(51)57/h14,16-17,19,23,25,27,30,34-35,39-41,45-47,52,55-56H,3-13,15,18,20-22,24,26,28-29,31-33,36-38H2,1-2H3,(H,58,59)(H,60,61)(H2,49,50,57)/b16-14-,19-17+,25-23+,30-27+/t39?,40-,41-,45-,46-,47-/m1/s1. The molecule has 0 bridgehead atoms. The molecule has 0 radical (unpaired) electrons. The van der Waals surface area contributed by atoms with Gasteiger partial charge in [-0.05, 0) is 70.3 Å². The molecule has 3 unspecified atom stereocenters. The van der Waals surface area contributed by atoms with E-state index in [2.05, 4.69) is 47.4 Å². The molecular weight excluding hydrogens is 936 g/mol. The molecule has 0 aliphatic carbocycles. The number of nitrogens with zero attached hydrogens (tertiary/aromatic N) is 2. The van der Waals surface area contributed by atoms with Gasteiger partial charge in [0.2, 0.25) is 0 Å². The predicted molar refractivity (Wildman–Crippen MR) is 262 cm³/mol. The molecule has 1 aromatic rings. The van der Waals surface area contributed by atoms with Gasteiger partial charge in [0.25, 0.3) is 0 Å². The maximum Gasteiger partial charge on any atom is 0.481 e. The number of carbonyl (C=O) groups excluding carboxylic acids is 2. The van der Waals surface area contributed by atoms with Gasteiger partial charge in [0.1, 0.15) is 30.7 Å². The van der Waals surface area contributed by atoms with Crippen LogP contribution in [0.4, 0.5) is 5.82 Å². The summed E-state index contributed by atoms with van der Waals surface area (Å²) >= 11 is 0. The van der Waals surface area contributed by atoms with Crippen LogP contribution in [-0.4, -0.2) is 96.9 Å². The molecule has 0 amide bonds. The quantitative estimate of drug-likeness (QED) is 0.0118. The predicted octanol–water partition coefficient (Wildman–Crippen LogP) is 8.75. The van der Waals surface area contributed by atoms with Gasteiger partial charge in [-0.3, -0.25) is 23.2 Å². The van der Waals surface area contributed by atoms with Gasteiger partial charge >= 0.3 is 33.3 Å². The molecule has 0 saturated carbocycles. The Morgan fingerprint density at radius 1 is 0.768 bits per heavy atom. The van der Waals surface area contributed by atoms with Crippen molar-refractivity contribution in [1.82, 2.24) is 9.55 Å². The molecule has 69 heavy (non-hydrogen) atoms. The van der Waals surface area contributed by atoms with Crippen molar-refractivity contribution in [1.29, 1.82) is 0 Å². The highest BCUT2D eigenvalue weighted by Gasteiger charge is 2.46. The number of rotatable bonds is 40. The Morgan fingerprint density at radius 2 is 1.35 bits per heavy atom. The van der Waals surface area contributed by atoms with Crippen molar-refractivity contribution < 1.29 is 71.4 Å². The second kappa shape index (κ2) is 36.6. The smallest absolute Gasteiger partial charge is 0.462 e. The van der Waals surface area contributed by atoms with Gasteiger partial charge in [0.15, 0.2) is 12.3 Å². The van der Waals surface area contributed by atoms with Gasteiger partial charge < -0.3 is 45.1 Å². The van der Waals surface area contributed by atoms with Crippen molar-refractivity contribution in [2.24, 2.45) is 0 Å². The topological polar surface area (TPSA) is 286 Å². The van der Waals surface area contributed by atoms with Crippen LogP contribution in [0.1, 0.15) is 168 Å². The van der Waals surface area contributed by atoms with Gasteiger partial charge in [0.05, 0.1) is 19.3 Å². The molecule has 8 atom stereocenters. The summed E-state index contributed by atoms with van der Waals surface area (Å²) in [6.07, 6.45) is 29.4. The molecule has 1 saturated heterocycles. The van der Waals surface area contributed by atoms with E-state index in [9.17, 15) is 48.6 Å². The fourth-order valence-corrected chi connectivity index (χ4v) is 9.19. The minimum Gasteiger partial charge on any atom is -0.462 e. The second-order valence-corrected chi connectivity index (χ2v) is 20.2. The highest BCUT2D eigenvalue weighted by molar-refractivity contribution is 7.61. The van der Waals surface area contributed by atoms with Crippen LogP contribution in [0.3, 0.4) is 0 Å². The van der Waals surface area contributed by atoms with Crippen LogP contribution in [0.2, 0.25) is 0 Å². The minimum atomic E-state index is -5.47. The number of hydrogen-bond acceptors (Lipinski definition) is 16. The number of nitrogen functional groups attached to an aromatic ring is 1. The van der Waals surface area contributed by atoms with Gasteiger partial charge in [-0.2, -0.15) is 9.29 Å². The number of phosphoric acid groups is 2. The molecular formula is C48H81N3O16P2. The first-order valence-corrected chi connectivity index (χ1v) is 27.7. The van der Waals surface area contributed by atoms with Crippen molar-refractivity contribution >= 4 is 33.4 Å². The number of ether oxygens (including phenoxy) is 3. The van der Waals surface area contributed by atoms with Crippen molar-refractivity contribution in [2.75, 3.05) is 25.6 Å². The Kier molecular flexibility index (Phi) is 32.8. The zero-order valence-corrected chi connectivity index (χ0v) is 42.5. The maximum absolute atomic E-state index is 12.9. The lowest BCUT2D eigenvalue weighted by Crippen LogP contribution is -2.36. The molecule has 1 fully saturated rings. The monoisotopic (exact) mass is 1020 g/mol. The molecule has 2 rings (SSSR count). The highest BCUT2D eigenvalue weighted by atomic mass is 31.3. The first-order valence-electron chi connectivity index (χ1n) is 24.8. The van der Waals surface area contributed by atoms with Crippen LogP contribution in [0.25, 0.3) is 0 Å². The van der Waals surface area contributed by atoms with Gasteiger partial charge in [-0.15, -0.1) is 0 Å². The number of unbranched alkanes of at least 4 members (excludes halogenated alkanes) is 15. The van der Waals surface area contributed by atoms with E-state index in [1.54, 1.807) is 12.2 Å². The Hall–Kier alpha value is -3.32. The van der Waals surface area contributed by atoms with E-state index in [0.29, 0.717) is 6.42 Å². The molecule has 1 aromatic heterocycles. The van der Waals surface area contributed by atoms with E-state index in [-0.39, 0.29) is 31.5 Å². The summed E-state index contributed by atoms with van der Waals surface area (Å²) in [4.78, 5) is 61.8. The van der Waals surface area contributed by atoms with Gasteiger partial charge in [-0.1, -0.05) is 133 Å². The number of anilines is 1. The van der Waals surface area contributed by atoms with Crippen LogP contribution in [-0.2, 0) is 46.3 Å². The molecule has 7 N–H and O–H groups in total. The van der Waals surface area contributed by atoms with Crippen LogP contribution < -0.4 is 11.4 Å². The van der Waals surface area contributed by atoms with Crippen molar-refractivity contribution in [3.63, 3.8) is 0 Å². The van der Waals surface area contributed by atoms with E-state index in [1.165, 1.54) is 70.3 Å². The molecule has 394 valence electrons. The lowest BCUT2D eigenvalue weighted by Gasteiger charge is -2.21. The largest absolute Gasteiger partial charge is 0.481 e. The zero-order chi connectivity index (χ0) is 50.8. The van der Waals surface area contributed by atoms with Crippen LogP contribution >= 0.6 is 15.6 Å². The van der Waals surface area contributed by atoms with Crippen molar-refractivity contribution in [2.45, 2.75) is 198 Å². The normalized spacial score (nSPS) is 20.2. The van der Waals surface area contributed by atoms with Crippen LogP contribution in [0.15, 0.2) is 65.7 Å². The summed E-state index contributed by atoms with van der Waals surface area (Å²) < 4.78 is 56.5. The van der Waals surface area contributed by atoms with E-state index in [4.69, 9.17) is 29.0 Å². The Morgan fingerprint density at radius 3 is 2.00 bits per heavy atom. The summed E-state index contributed by atoms with van der Waals surface area (Å²) in [5, 5.41) is 31.3. The molecule has 0 spiro atoms. The first kappa shape index (κ1) is 61.8. The minimum absolute atomic E-state index is 0.0765. The molecule has 2 heterocycles. The molecule has 19 nitrogen and oxygen atoms in total. The van der Waals surface area contributed by atoms with Gasteiger partial charge in [0, 0.05) is 19.0 Å². The Bertz CT molecular complexity index is 1860. The number of carbonyl (C=O) groups is 2. The van der Waals surface area contributed by atoms with E-state index < -0.39 is 89.8 Å². The Balaban J connectivity index is 1.87. The summed E-state index contributed by atoms with van der Waals surface area (Å²) in [6, 6.07) is 1.24. The first-order chi connectivity index (χ1) is 33.1. The number of esters is 2. The van der Waals surface area contributed by atoms with E-state index in [1.807, 2.05) is 12.2 Å². The second-order valence-electron chi connectivity index (χ2n) is 17.2. The summed E-state index contributed by atoms with van der Waals surface area (Å²) in [7, 11) is -10.9. The third-order valence-electron chi connectivity index (χ3n) is 11.0. The van der Waals surface area contributed by atoms with Crippen LogP contribution in [0.5, 0.6) is 0 Å². The molecule has 1 aliphatic heterocycles. The number of aliphatic hydroxyl groups excluding tert-OH is 3. The van der Waals surface area contributed by atoms with Crippen LogP contribution in [0, 0.1) is 0 Å². The number of aromatic nitrogens is 2. The number of nitrogens with two attached hydrogens (primary N) is 1. The molecule has 0 aromatic carbocycles. The van der Waals surface area contributed by atoms with Crippen molar-refractivity contribution in [3.8, 4) is 0 Å². The number of allylic oxidation sites excluding steroid dienone is 7. The third kappa shape index (κ3) is 29.6. The van der Waals surface area contributed by atoms with E-state index in [0.717, 1.165) is 62.1 Å². The van der Waals surface area contributed by atoms with Gasteiger partial charge in [-0.25, -0.2) is 13.9 Å². The summed E-state index contributed by atoms with van der Waals surface area (Å²) in [5.41, 5.74) is 4.57. The number of aliphatic hydroxyl groups is 3. The average molecular weight is 1020 g/mol. The maximum atomic E-state index is 12.9. The third-order valence-corrected chi connectivity index (χ3v) is 13.6. The SMILES string of the molecule is CCCCCC/C=C\CCCCCCCC(=O)OC[C@H](COP(=O)(O)OP(=O)(O)OC[C@H]1O[C@@H](n2ccc(N)nc2=O)[C@H](O)[C@@H]1O)OC(=O)CCCC(O)/C=C/C=C/C/C=C/CCCCCCCC. The summed E-state index contributed by atoms with van der Waals surface area (Å²) in [6.45, 7) is 1.93. The average Bonchev–Trinajstić information content (AvgIpc) is 3.58. The lowest BCUT2D eigenvalue weighted by molar-refractivity contribution is -0.161. The zero-order valence-electron chi connectivity index (χ0n) is 40.7. The fourth-order valence-electron chi connectivity index (χ4n) is 7.08. The van der Waals surface area contributed by atoms with E-state index >= 15 is 0 Å². The Labute approximate surface area is 408 Å². The lowest BCUT2D eigenvalue weighted by atomic mass is 10.1. The summed E-state index contributed by atoms with van der Waals surface area (Å²) in [5.74, 6) is -1.51. The highest BCUT2D eigenvalue weighted by Crippen LogP contribution is 2.60. The number of hydrogen-bond donors (Lipinski definition) is 6. The fraction of sp³-hybridized carbons (Fsp3) is 0.708. The molecule has 1 aliphatic rings. The molecule has 21 heteroatoms.